The third-order valence-corrected chi connectivity index (χ3v) is 9.39. The predicted octanol–water partition coefficient (Wildman–Crippen LogP) is 8.09. The largest absolute Gasteiger partial charge is 0.459 e. The maximum absolute atomic E-state index is 13.5. The Bertz CT molecular complexity index is 694. The first kappa shape index (κ1) is 28.3. The molecule has 1 N–H and O–H groups in total. The molecule has 2 unspecified atom stereocenters. The molecule has 1 amide bonds. The predicted molar refractivity (Wildman–Crippen MR) is 141 cm³/mol. The van der Waals surface area contributed by atoms with E-state index in [2.05, 4.69) is 26.1 Å². The fraction of sp³-hybridized carbons (Fsp3) is 0.933. The zero-order valence-electron chi connectivity index (χ0n) is 23.6. The van der Waals surface area contributed by atoms with Gasteiger partial charge in [-0.15, -0.1) is 0 Å². The Morgan fingerprint density at radius 3 is 1.83 bits per heavy atom. The van der Waals surface area contributed by atoms with Crippen molar-refractivity contribution in [2.45, 2.75) is 161 Å². The van der Waals surface area contributed by atoms with Crippen LogP contribution < -0.4 is 5.32 Å². The van der Waals surface area contributed by atoms with E-state index >= 15 is 0 Å². The molecule has 4 aliphatic carbocycles. The average Bonchev–Trinajstić information content (AvgIpc) is 2.78. The van der Waals surface area contributed by atoms with Gasteiger partial charge in [-0.3, -0.25) is 4.79 Å². The van der Waals surface area contributed by atoms with Gasteiger partial charge in [-0.2, -0.15) is 0 Å². The zero-order valence-corrected chi connectivity index (χ0v) is 23.6. The molecule has 4 aliphatic rings. The number of carbonyl (C=O) groups is 2. The third kappa shape index (κ3) is 6.74. The van der Waals surface area contributed by atoms with Crippen LogP contribution in [0, 0.1) is 17.3 Å². The van der Waals surface area contributed by atoms with E-state index in [1.807, 2.05) is 20.8 Å². The van der Waals surface area contributed by atoms with Crippen molar-refractivity contribution in [1.29, 1.82) is 0 Å². The standard InChI is InChI=1S/C30H53NO4/c1-7-11-14-29(15-12-8-2,16-13-9-3)35-26(33)31-28-18-23-17-24(19-28)21-30(20-23,22-28)34-25(32)27(5,6)10-4/h23-24H,7-22H2,1-6H3,(H,31,33). The van der Waals surface area contributed by atoms with Crippen LogP contribution in [0.25, 0.3) is 0 Å². The van der Waals surface area contributed by atoms with E-state index < -0.39 is 11.0 Å². The van der Waals surface area contributed by atoms with E-state index in [1.165, 1.54) is 6.42 Å². The molecule has 2 atom stereocenters. The van der Waals surface area contributed by atoms with Gasteiger partial charge in [0.2, 0.25) is 0 Å². The van der Waals surface area contributed by atoms with Gasteiger partial charge in [-0.1, -0.05) is 47.0 Å². The van der Waals surface area contributed by atoms with Gasteiger partial charge in [-0.25, -0.2) is 4.79 Å². The highest BCUT2D eigenvalue weighted by atomic mass is 16.6. The number of hydrogen-bond acceptors (Lipinski definition) is 4. The van der Waals surface area contributed by atoms with Crippen LogP contribution in [-0.4, -0.2) is 28.8 Å². The van der Waals surface area contributed by atoms with Gasteiger partial charge in [0.05, 0.1) is 5.41 Å². The van der Waals surface area contributed by atoms with E-state index in [-0.39, 0.29) is 23.2 Å². The van der Waals surface area contributed by atoms with Crippen molar-refractivity contribution >= 4 is 12.1 Å². The third-order valence-electron chi connectivity index (χ3n) is 9.39. The molecule has 0 aromatic carbocycles. The van der Waals surface area contributed by atoms with Gasteiger partial charge in [0, 0.05) is 12.0 Å². The topological polar surface area (TPSA) is 64.6 Å². The molecule has 4 saturated carbocycles. The number of amides is 1. The van der Waals surface area contributed by atoms with Crippen LogP contribution in [0.4, 0.5) is 4.79 Å². The lowest BCUT2D eigenvalue weighted by molar-refractivity contribution is -0.200. The summed E-state index contributed by atoms with van der Waals surface area (Å²) in [6.45, 7) is 12.6. The molecule has 4 bridgehead atoms. The lowest BCUT2D eigenvalue weighted by Gasteiger charge is -2.61. The number of nitrogens with one attached hydrogen (secondary N) is 1. The summed E-state index contributed by atoms with van der Waals surface area (Å²) in [5, 5.41) is 3.41. The number of unbranched alkanes of at least 4 members (excludes halogenated alkanes) is 3. The maximum atomic E-state index is 13.5. The second kappa shape index (κ2) is 11.4. The molecule has 5 heteroatoms. The first-order valence-corrected chi connectivity index (χ1v) is 14.8. The summed E-state index contributed by atoms with van der Waals surface area (Å²) >= 11 is 0. The first-order chi connectivity index (χ1) is 16.5. The van der Waals surface area contributed by atoms with Crippen molar-refractivity contribution in [3.8, 4) is 0 Å². The highest BCUT2D eigenvalue weighted by Crippen LogP contribution is 2.59. The summed E-state index contributed by atoms with van der Waals surface area (Å²) in [5.41, 5.74) is -1.56. The molecule has 35 heavy (non-hydrogen) atoms. The summed E-state index contributed by atoms with van der Waals surface area (Å²) in [4.78, 5) is 26.6. The van der Waals surface area contributed by atoms with E-state index in [1.54, 1.807) is 0 Å². The quantitative estimate of drug-likeness (QED) is 0.249. The van der Waals surface area contributed by atoms with Gasteiger partial charge >= 0.3 is 12.1 Å². The Kier molecular flexibility index (Phi) is 9.24. The lowest BCUT2D eigenvalue weighted by Crippen LogP contribution is -2.67. The molecular weight excluding hydrogens is 438 g/mol. The zero-order chi connectivity index (χ0) is 25.7. The molecule has 4 fully saturated rings. The van der Waals surface area contributed by atoms with Crippen molar-refractivity contribution < 1.29 is 19.1 Å². The minimum absolute atomic E-state index is 0.0857. The van der Waals surface area contributed by atoms with Crippen LogP contribution in [0.15, 0.2) is 0 Å². The summed E-state index contributed by atoms with van der Waals surface area (Å²) in [7, 11) is 0. The van der Waals surface area contributed by atoms with Crippen molar-refractivity contribution in [1.82, 2.24) is 5.32 Å². The molecule has 0 saturated heterocycles. The molecule has 0 radical (unpaired) electrons. The second-order valence-corrected chi connectivity index (χ2v) is 13.1. The monoisotopic (exact) mass is 491 g/mol. The van der Waals surface area contributed by atoms with Crippen LogP contribution in [0.2, 0.25) is 0 Å². The van der Waals surface area contributed by atoms with Crippen molar-refractivity contribution in [3.05, 3.63) is 0 Å². The van der Waals surface area contributed by atoms with Gasteiger partial charge in [0.15, 0.2) is 0 Å². The summed E-state index contributed by atoms with van der Waals surface area (Å²) in [5.74, 6) is 0.940. The molecule has 0 spiro atoms. The van der Waals surface area contributed by atoms with Gasteiger partial charge in [-0.05, 0) is 103 Å². The fourth-order valence-electron chi connectivity index (χ4n) is 7.39. The minimum atomic E-state index is -0.472. The van der Waals surface area contributed by atoms with E-state index in [0.29, 0.717) is 11.8 Å². The van der Waals surface area contributed by atoms with E-state index in [0.717, 1.165) is 96.3 Å². The number of ether oxygens (including phenoxy) is 2. The molecule has 0 aliphatic heterocycles. The minimum Gasteiger partial charge on any atom is -0.459 e. The average molecular weight is 492 g/mol. The van der Waals surface area contributed by atoms with Crippen LogP contribution in [0.5, 0.6) is 0 Å². The van der Waals surface area contributed by atoms with Crippen molar-refractivity contribution in [3.63, 3.8) is 0 Å². The highest BCUT2D eigenvalue weighted by Gasteiger charge is 2.61. The van der Waals surface area contributed by atoms with Gasteiger partial charge in [0.25, 0.3) is 0 Å². The SMILES string of the molecule is CCCCC(CCCC)(CCCC)OC(=O)NC12CC3CC(C1)CC(OC(=O)C(C)(C)CC)(C3)C2. The molecule has 202 valence electrons. The van der Waals surface area contributed by atoms with Gasteiger partial charge in [0.1, 0.15) is 11.2 Å². The number of rotatable bonds is 14. The fourth-order valence-corrected chi connectivity index (χ4v) is 7.39. The molecular formula is C30H53NO4. The molecule has 0 aromatic heterocycles. The van der Waals surface area contributed by atoms with E-state index in [9.17, 15) is 9.59 Å². The van der Waals surface area contributed by atoms with Crippen molar-refractivity contribution in [2.24, 2.45) is 17.3 Å². The van der Waals surface area contributed by atoms with Crippen LogP contribution in [-0.2, 0) is 14.3 Å². The number of alkyl carbamates (subject to hydrolysis) is 1. The summed E-state index contributed by atoms with van der Waals surface area (Å²) < 4.78 is 12.8. The van der Waals surface area contributed by atoms with Crippen LogP contribution in [0.1, 0.15) is 144 Å². The van der Waals surface area contributed by atoms with Crippen molar-refractivity contribution in [2.75, 3.05) is 0 Å². The van der Waals surface area contributed by atoms with Crippen LogP contribution in [0.3, 0.4) is 0 Å². The number of hydrogen-bond donors (Lipinski definition) is 1. The lowest BCUT2D eigenvalue weighted by atomic mass is 9.51. The molecule has 0 heterocycles. The normalized spacial score (nSPS) is 29.8. The van der Waals surface area contributed by atoms with E-state index in [4.69, 9.17) is 9.47 Å². The van der Waals surface area contributed by atoms with Crippen LogP contribution >= 0.6 is 0 Å². The second-order valence-electron chi connectivity index (χ2n) is 13.1. The Hall–Kier alpha value is -1.26. The number of carbonyl (C=O) groups excluding carboxylic acids is 2. The molecule has 0 aromatic rings. The summed E-state index contributed by atoms with van der Waals surface area (Å²) in [6.07, 6.45) is 15.7. The Labute approximate surface area is 214 Å². The Morgan fingerprint density at radius 2 is 1.37 bits per heavy atom. The highest BCUT2D eigenvalue weighted by molar-refractivity contribution is 5.76. The summed E-state index contributed by atoms with van der Waals surface area (Å²) in [6, 6.07) is 0. The Balaban J connectivity index is 1.75. The first-order valence-electron chi connectivity index (χ1n) is 14.8. The molecule has 5 nitrogen and oxygen atoms in total. The number of esters is 1. The molecule has 4 rings (SSSR count). The van der Waals surface area contributed by atoms with Gasteiger partial charge < -0.3 is 14.8 Å². The maximum Gasteiger partial charge on any atom is 0.408 e. The smallest absolute Gasteiger partial charge is 0.408 e. The Morgan fingerprint density at radius 1 is 0.857 bits per heavy atom.